The molecule has 1 saturated carbocycles. The summed E-state index contributed by atoms with van der Waals surface area (Å²) in [6, 6.07) is 11.2. The number of anilines is 1. The van der Waals surface area contributed by atoms with Crippen molar-refractivity contribution in [2.24, 2.45) is 5.92 Å². The van der Waals surface area contributed by atoms with E-state index in [4.69, 9.17) is 11.6 Å². The molecule has 1 aliphatic carbocycles. The van der Waals surface area contributed by atoms with Crippen LogP contribution >= 0.6 is 11.6 Å². The highest BCUT2D eigenvalue weighted by molar-refractivity contribution is 6.32. The fourth-order valence-electron chi connectivity index (χ4n) is 2.50. The zero-order chi connectivity index (χ0) is 14.1. The van der Waals surface area contributed by atoms with Crippen LogP contribution in [-0.4, -0.2) is 4.98 Å². The van der Waals surface area contributed by atoms with Gasteiger partial charge in [-0.1, -0.05) is 41.4 Å². The van der Waals surface area contributed by atoms with Crippen LogP contribution in [0.4, 0.5) is 5.69 Å². The molecule has 0 radical (unpaired) electrons. The van der Waals surface area contributed by atoms with Crippen molar-refractivity contribution in [3.05, 3.63) is 58.4 Å². The van der Waals surface area contributed by atoms with Crippen molar-refractivity contribution in [2.75, 3.05) is 5.32 Å². The second kappa shape index (κ2) is 5.45. The number of benzene rings is 1. The number of hydrogen-bond donors (Lipinski definition) is 1. The molecule has 1 aromatic carbocycles. The Balaban J connectivity index is 1.88. The van der Waals surface area contributed by atoms with Gasteiger partial charge in [-0.3, -0.25) is 0 Å². The second-order valence-electron chi connectivity index (χ2n) is 5.72. The molecule has 0 spiro atoms. The van der Waals surface area contributed by atoms with E-state index in [-0.39, 0.29) is 0 Å². The smallest absolute Gasteiger partial charge is 0.152 e. The van der Waals surface area contributed by atoms with E-state index in [9.17, 15) is 0 Å². The minimum absolute atomic E-state index is 0.330. The molecule has 1 unspecified atom stereocenters. The van der Waals surface area contributed by atoms with Crippen LogP contribution in [0.3, 0.4) is 0 Å². The summed E-state index contributed by atoms with van der Waals surface area (Å²) in [6.45, 7) is 4.15. The first-order valence-corrected chi connectivity index (χ1v) is 7.46. The molecule has 20 heavy (non-hydrogen) atoms. The van der Waals surface area contributed by atoms with E-state index in [2.05, 4.69) is 47.6 Å². The molecule has 0 aliphatic heterocycles. The lowest BCUT2D eigenvalue weighted by molar-refractivity contribution is 0.678. The van der Waals surface area contributed by atoms with E-state index in [1.165, 1.54) is 24.0 Å². The van der Waals surface area contributed by atoms with Gasteiger partial charge in [0.15, 0.2) is 5.15 Å². The summed E-state index contributed by atoms with van der Waals surface area (Å²) < 4.78 is 0. The van der Waals surface area contributed by atoms with Gasteiger partial charge in [-0.25, -0.2) is 4.98 Å². The van der Waals surface area contributed by atoms with E-state index < -0.39 is 0 Å². The lowest BCUT2D eigenvalue weighted by Crippen LogP contribution is -2.13. The number of aromatic nitrogens is 1. The summed E-state index contributed by atoms with van der Waals surface area (Å²) in [7, 11) is 0. The van der Waals surface area contributed by atoms with Crippen molar-refractivity contribution >= 4 is 17.3 Å². The number of rotatable bonds is 4. The third-order valence-electron chi connectivity index (χ3n) is 3.82. The van der Waals surface area contributed by atoms with Crippen LogP contribution in [0.1, 0.15) is 35.6 Å². The lowest BCUT2D eigenvalue weighted by atomic mass is 10.0. The van der Waals surface area contributed by atoms with Gasteiger partial charge in [0.1, 0.15) is 0 Å². The Hall–Kier alpha value is -1.54. The molecule has 3 heteroatoms. The van der Waals surface area contributed by atoms with Gasteiger partial charge in [-0.2, -0.15) is 0 Å². The van der Waals surface area contributed by atoms with Crippen LogP contribution in [0.5, 0.6) is 0 Å². The highest BCUT2D eigenvalue weighted by Gasteiger charge is 2.32. The summed E-state index contributed by atoms with van der Waals surface area (Å²) in [5.41, 5.74) is 4.67. The molecule has 1 N–H and O–H groups in total. The Kier molecular flexibility index (Phi) is 3.66. The number of halogens is 1. The minimum atomic E-state index is 0.330. The maximum absolute atomic E-state index is 6.20. The van der Waals surface area contributed by atoms with E-state index in [1.807, 2.05) is 6.92 Å². The molecule has 0 amide bonds. The molecule has 0 bridgehead atoms. The number of aryl methyl sites for hydroxylation is 2. The number of nitrogens with one attached hydrogen (secondary N) is 1. The van der Waals surface area contributed by atoms with Gasteiger partial charge in [0, 0.05) is 6.20 Å². The average molecular weight is 287 g/mol. The minimum Gasteiger partial charge on any atom is -0.375 e. The summed E-state index contributed by atoms with van der Waals surface area (Å²) in [6.07, 6.45) is 4.36. The van der Waals surface area contributed by atoms with Crippen LogP contribution in [0, 0.1) is 19.8 Å². The first kappa shape index (κ1) is 13.4. The van der Waals surface area contributed by atoms with Crippen molar-refractivity contribution in [1.29, 1.82) is 0 Å². The Labute approximate surface area is 125 Å². The predicted octanol–water partition coefficient (Wildman–Crippen LogP) is 4.92. The topological polar surface area (TPSA) is 24.9 Å². The fraction of sp³-hybridized carbons (Fsp3) is 0.353. The predicted molar refractivity (Wildman–Crippen MR) is 84.3 cm³/mol. The van der Waals surface area contributed by atoms with Crippen molar-refractivity contribution in [3.8, 4) is 0 Å². The third kappa shape index (κ3) is 2.96. The largest absolute Gasteiger partial charge is 0.375 e. The van der Waals surface area contributed by atoms with Crippen LogP contribution in [0.15, 0.2) is 36.5 Å². The van der Waals surface area contributed by atoms with Crippen molar-refractivity contribution in [3.63, 3.8) is 0 Å². The molecule has 3 rings (SSSR count). The molecule has 104 valence electrons. The van der Waals surface area contributed by atoms with Crippen molar-refractivity contribution in [1.82, 2.24) is 4.98 Å². The van der Waals surface area contributed by atoms with E-state index in [1.54, 1.807) is 6.20 Å². The lowest BCUT2D eigenvalue weighted by Gasteiger charge is -2.21. The molecule has 1 aliphatic rings. The normalized spacial score (nSPS) is 15.9. The SMILES string of the molecule is Cc1ccc(C(Nc2cc(C)cnc2Cl)C2CC2)cc1. The van der Waals surface area contributed by atoms with Crippen LogP contribution in [-0.2, 0) is 0 Å². The number of hydrogen-bond acceptors (Lipinski definition) is 2. The van der Waals surface area contributed by atoms with E-state index in [0.29, 0.717) is 17.1 Å². The molecule has 1 heterocycles. The van der Waals surface area contributed by atoms with Crippen LogP contribution in [0.2, 0.25) is 5.15 Å². The molecule has 2 aromatic rings. The molecular formula is C17H19ClN2. The zero-order valence-corrected chi connectivity index (χ0v) is 12.6. The third-order valence-corrected chi connectivity index (χ3v) is 4.12. The molecule has 2 nitrogen and oxygen atoms in total. The van der Waals surface area contributed by atoms with Gasteiger partial charge < -0.3 is 5.32 Å². The summed E-state index contributed by atoms with van der Waals surface area (Å²) in [5, 5.41) is 4.14. The number of nitrogens with zero attached hydrogens (tertiary/aromatic N) is 1. The van der Waals surface area contributed by atoms with Gasteiger partial charge in [0.25, 0.3) is 0 Å². The Morgan fingerprint density at radius 3 is 2.50 bits per heavy atom. The van der Waals surface area contributed by atoms with Gasteiger partial charge in [-0.15, -0.1) is 0 Å². The zero-order valence-electron chi connectivity index (χ0n) is 11.9. The fourth-order valence-corrected chi connectivity index (χ4v) is 2.66. The maximum Gasteiger partial charge on any atom is 0.152 e. The Bertz CT molecular complexity index is 603. The summed E-state index contributed by atoms with van der Waals surface area (Å²) in [5.74, 6) is 0.703. The molecule has 1 fully saturated rings. The van der Waals surface area contributed by atoms with E-state index in [0.717, 1.165) is 11.3 Å². The highest BCUT2D eigenvalue weighted by Crippen LogP contribution is 2.43. The van der Waals surface area contributed by atoms with Crippen molar-refractivity contribution in [2.45, 2.75) is 32.7 Å². The standard InChI is InChI=1S/C17H19ClN2/c1-11-3-5-13(6-4-11)16(14-7-8-14)20-15-9-12(2)10-19-17(15)18/h3-6,9-10,14,16,20H,7-8H2,1-2H3. The summed E-state index contributed by atoms with van der Waals surface area (Å²) in [4.78, 5) is 4.22. The highest BCUT2D eigenvalue weighted by atomic mass is 35.5. The van der Waals surface area contributed by atoms with Gasteiger partial charge in [0.05, 0.1) is 11.7 Å². The van der Waals surface area contributed by atoms with Crippen LogP contribution in [0.25, 0.3) is 0 Å². The number of pyridine rings is 1. The van der Waals surface area contributed by atoms with Crippen molar-refractivity contribution < 1.29 is 0 Å². The Morgan fingerprint density at radius 1 is 1.15 bits per heavy atom. The average Bonchev–Trinajstić information content (AvgIpc) is 3.25. The first-order chi connectivity index (χ1) is 9.63. The second-order valence-corrected chi connectivity index (χ2v) is 6.08. The first-order valence-electron chi connectivity index (χ1n) is 7.09. The molecule has 1 atom stereocenters. The van der Waals surface area contributed by atoms with Gasteiger partial charge in [-0.05, 0) is 49.8 Å². The van der Waals surface area contributed by atoms with Gasteiger partial charge in [0.2, 0.25) is 0 Å². The maximum atomic E-state index is 6.20. The summed E-state index contributed by atoms with van der Waals surface area (Å²) >= 11 is 6.20. The molecule has 0 saturated heterocycles. The van der Waals surface area contributed by atoms with Gasteiger partial charge >= 0.3 is 0 Å². The van der Waals surface area contributed by atoms with E-state index >= 15 is 0 Å². The molecular weight excluding hydrogens is 268 g/mol. The monoisotopic (exact) mass is 286 g/mol. The van der Waals surface area contributed by atoms with Crippen LogP contribution < -0.4 is 5.32 Å². The molecule has 1 aromatic heterocycles. The quantitative estimate of drug-likeness (QED) is 0.807. The Morgan fingerprint density at radius 2 is 1.85 bits per heavy atom.